The van der Waals surface area contributed by atoms with E-state index in [-0.39, 0.29) is 16.5 Å². The van der Waals surface area contributed by atoms with Gasteiger partial charge in [-0.3, -0.25) is 19.3 Å². The van der Waals surface area contributed by atoms with E-state index < -0.39 is 15.8 Å². The second-order valence-corrected chi connectivity index (χ2v) is 12.6. The fourth-order valence-corrected chi connectivity index (χ4v) is 6.99. The Kier molecular flexibility index (Phi) is 8.67. The van der Waals surface area contributed by atoms with Crippen LogP contribution < -0.4 is 9.62 Å². The van der Waals surface area contributed by atoms with Crippen molar-refractivity contribution in [3.05, 3.63) is 82.6 Å². The van der Waals surface area contributed by atoms with Crippen molar-refractivity contribution in [3.63, 3.8) is 0 Å². The molecule has 0 saturated carbocycles. The van der Waals surface area contributed by atoms with Crippen LogP contribution in [0.15, 0.2) is 65.6 Å². The maximum atomic E-state index is 13.8. The smallest absolute Gasteiger partial charge is 0.261 e. The number of aromatic nitrogens is 1. The Labute approximate surface area is 241 Å². The van der Waals surface area contributed by atoms with Gasteiger partial charge in [0.05, 0.1) is 28.3 Å². The molecule has 0 spiro atoms. The van der Waals surface area contributed by atoms with E-state index in [9.17, 15) is 17.6 Å². The summed E-state index contributed by atoms with van der Waals surface area (Å²) in [4.78, 5) is 22.5. The summed E-state index contributed by atoms with van der Waals surface area (Å²) in [6, 6.07) is 14.5. The van der Waals surface area contributed by atoms with Crippen molar-refractivity contribution in [1.29, 1.82) is 0 Å². The number of carbonyl (C=O) groups excluding carboxylic acids is 1. The molecule has 1 aliphatic rings. The van der Waals surface area contributed by atoms with Crippen molar-refractivity contribution >= 4 is 59.9 Å². The number of nitrogens with zero attached hydrogens (tertiary/aromatic N) is 3. The van der Waals surface area contributed by atoms with Crippen LogP contribution in [-0.2, 0) is 14.8 Å². The van der Waals surface area contributed by atoms with Crippen LogP contribution in [0.3, 0.4) is 0 Å². The van der Waals surface area contributed by atoms with E-state index in [4.69, 9.17) is 21.3 Å². The number of benzene rings is 3. The van der Waals surface area contributed by atoms with Crippen molar-refractivity contribution in [2.45, 2.75) is 18.2 Å². The molecule has 0 bridgehead atoms. The van der Waals surface area contributed by atoms with Crippen LogP contribution in [0, 0.1) is 12.7 Å². The van der Waals surface area contributed by atoms with E-state index in [1.54, 1.807) is 17.0 Å². The van der Waals surface area contributed by atoms with Gasteiger partial charge in [0.2, 0.25) is 0 Å². The minimum absolute atomic E-state index is 0.0632. The molecule has 5 rings (SSSR count). The lowest BCUT2D eigenvalue weighted by molar-refractivity contribution is 0.0376. The summed E-state index contributed by atoms with van der Waals surface area (Å²) in [6.07, 6.45) is 0.747. The Morgan fingerprint density at radius 1 is 1.12 bits per heavy atom. The molecule has 40 heavy (non-hydrogen) atoms. The topological polar surface area (TPSA) is 91.8 Å². The molecule has 1 fully saturated rings. The standard InChI is InChI=1S/C28H28ClFN4O4S2/c1-19-17-21(29)18-25-26(19)31-28(39-25)34(12-2-11-33-13-15-38-16-14-33)27(35)20-3-7-23(8-4-20)32-40(36,37)24-9-5-22(30)6-10-24/h3-10,17-18,32H,2,11-16H2,1H3. The van der Waals surface area contributed by atoms with Crippen molar-refractivity contribution in [2.24, 2.45) is 0 Å². The molecule has 1 saturated heterocycles. The van der Waals surface area contributed by atoms with Crippen LogP contribution in [0.2, 0.25) is 5.02 Å². The monoisotopic (exact) mass is 602 g/mol. The van der Waals surface area contributed by atoms with E-state index in [0.29, 0.717) is 35.5 Å². The maximum Gasteiger partial charge on any atom is 0.261 e. The molecule has 12 heteroatoms. The Balaban J connectivity index is 1.36. The molecule has 4 aromatic rings. The Bertz CT molecular complexity index is 1610. The highest BCUT2D eigenvalue weighted by Crippen LogP contribution is 2.34. The highest BCUT2D eigenvalue weighted by molar-refractivity contribution is 7.92. The number of amides is 1. The average molecular weight is 603 g/mol. The van der Waals surface area contributed by atoms with Gasteiger partial charge in [-0.1, -0.05) is 22.9 Å². The first-order valence-corrected chi connectivity index (χ1v) is 15.4. The van der Waals surface area contributed by atoms with Gasteiger partial charge in [0.1, 0.15) is 5.82 Å². The van der Waals surface area contributed by atoms with Crippen LogP contribution >= 0.6 is 22.9 Å². The van der Waals surface area contributed by atoms with E-state index in [1.165, 1.54) is 35.6 Å². The highest BCUT2D eigenvalue weighted by atomic mass is 35.5. The zero-order valence-corrected chi connectivity index (χ0v) is 24.2. The fourth-order valence-electron chi connectivity index (χ4n) is 4.48. The van der Waals surface area contributed by atoms with E-state index >= 15 is 0 Å². The molecule has 1 amide bonds. The number of hydrogen-bond acceptors (Lipinski definition) is 7. The predicted molar refractivity (Wildman–Crippen MR) is 157 cm³/mol. The SMILES string of the molecule is Cc1cc(Cl)cc2sc(N(CCCN3CCOCC3)C(=O)c3ccc(NS(=O)(=O)c4ccc(F)cc4)cc3)nc12. The van der Waals surface area contributed by atoms with Crippen LogP contribution in [0.4, 0.5) is 15.2 Å². The Morgan fingerprint density at radius 3 is 2.52 bits per heavy atom. The summed E-state index contributed by atoms with van der Waals surface area (Å²) in [7, 11) is -3.91. The molecule has 0 unspecified atom stereocenters. The molecule has 0 aliphatic carbocycles. The van der Waals surface area contributed by atoms with E-state index in [2.05, 4.69) is 9.62 Å². The average Bonchev–Trinajstić information content (AvgIpc) is 3.36. The van der Waals surface area contributed by atoms with Crippen LogP contribution in [0.25, 0.3) is 10.2 Å². The number of morpholine rings is 1. The second-order valence-electron chi connectivity index (χ2n) is 9.47. The van der Waals surface area contributed by atoms with Gasteiger partial charge in [-0.15, -0.1) is 0 Å². The van der Waals surface area contributed by atoms with Gasteiger partial charge in [-0.25, -0.2) is 17.8 Å². The first-order valence-electron chi connectivity index (χ1n) is 12.8. The highest BCUT2D eigenvalue weighted by Gasteiger charge is 2.23. The van der Waals surface area contributed by atoms with Crippen molar-refractivity contribution in [1.82, 2.24) is 9.88 Å². The number of anilines is 2. The van der Waals surface area contributed by atoms with E-state index in [0.717, 1.165) is 54.0 Å². The zero-order chi connectivity index (χ0) is 28.3. The van der Waals surface area contributed by atoms with Gasteiger partial charge in [0.15, 0.2) is 5.13 Å². The Morgan fingerprint density at radius 2 is 1.82 bits per heavy atom. The third-order valence-electron chi connectivity index (χ3n) is 6.58. The summed E-state index contributed by atoms with van der Waals surface area (Å²) < 4.78 is 47.4. The van der Waals surface area contributed by atoms with Crippen molar-refractivity contribution < 1.29 is 22.3 Å². The molecule has 3 aromatic carbocycles. The van der Waals surface area contributed by atoms with Crippen LogP contribution in [0.1, 0.15) is 22.3 Å². The molecule has 1 aliphatic heterocycles. The molecule has 0 radical (unpaired) electrons. The minimum Gasteiger partial charge on any atom is -0.379 e. The largest absolute Gasteiger partial charge is 0.379 e. The molecule has 210 valence electrons. The lowest BCUT2D eigenvalue weighted by Gasteiger charge is -2.27. The van der Waals surface area contributed by atoms with Gasteiger partial charge in [-0.2, -0.15) is 0 Å². The number of thiazole rings is 1. The first-order chi connectivity index (χ1) is 19.2. The summed E-state index contributed by atoms with van der Waals surface area (Å²) in [5.74, 6) is -0.763. The van der Waals surface area contributed by atoms with Gasteiger partial charge in [-0.05, 0) is 79.6 Å². The number of sulfonamides is 1. The number of rotatable bonds is 9. The number of halogens is 2. The molecular weight excluding hydrogens is 575 g/mol. The minimum atomic E-state index is -3.91. The van der Waals surface area contributed by atoms with Gasteiger partial charge in [0, 0.05) is 42.5 Å². The number of nitrogens with one attached hydrogen (secondary N) is 1. The van der Waals surface area contributed by atoms with Crippen LogP contribution in [0.5, 0.6) is 0 Å². The number of aryl methyl sites for hydroxylation is 1. The Hall–Kier alpha value is -3.09. The van der Waals surface area contributed by atoms with Crippen molar-refractivity contribution in [2.75, 3.05) is 49.0 Å². The molecular formula is C28H28ClFN4O4S2. The quantitative estimate of drug-likeness (QED) is 0.269. The molecule has 0 atom stereocenters. The molecule has 8 nitrogen and oxygen atoms in total. The predicted octanol–water partition coefficient (Wildman–Crippen LogP) is 5.57. The number of carbonyl (C=O) groups is 1. The lowest BCUT2D eigenvalue weighted by atomic mass is 10.2. The van der Waals surface area contributed by atoms with Gasteiger partial charge >= 0.3 is 0 Å². The summed E-state index contributed by atoms with van der Waals surface area (Å²) >= 11 is 7.67. The molecule has 1 N–H and O–H groups in total. The summed E-state index contributed by atoms with van der Waals surface area (Å²) in [5, 5.41) is 1.19. The summed E-state index contributed by atoms with van der Waals surface area (Å²) in [5.41, 5.74) is 2.42. The third-order valence-corrected chi connectivity index (χ3v) is 9.22. The number of ether oxygens (including phenoxy) is 1. The lowest BCUT2D eigenvalue weighted by Crippen LogP contribution is -2.39. The van der Waals surface area contributed by atoms with Gasteiger partial charge in [0.25, 0.3) is 15.9 Å². The number of hydrogen-bond donors (Lipinski definition) is 1. The van der Waals surface area contributed by atoms with Crippen molar-refractivity contribution in [3.8, 4) is 0 Å². The number of fused-ring (bicyclic) bond motifs is 1. The third kappa shape index (κ3) is 6.61. The fraction of sp³-hybridized carbons (Fsp3) is 0.286. The first kappa shape index (κ1) is 28.4. The zero-order valence-electron chi connectivity index (χ0n) is 21.8. The summed E-state index contributed by atoms with van der Waals surface area (Å²) in [6.45, 7) is 6.36. The molecule has 2 heterocycles. The maximum absolute atomic E-state index is 13.8. The molecule has 1 aromatic heterocycles. The van der Waals surface area contributed by atoms with Gasteiger partial charge < -0.3 is 4.74 Å². The normalized spacial score (nSPS) is 14.4. The second kappa shape index (κ2) is 12.2. The van der Waals surface area contributed by atoms with E-state index in [1.807, 2.05) is 19.1 Å². The van der Waals surface area contributed by atoms with Crippen LogP contribution in [-0.4, -0.2) is 63.6 Å².